The van der Waals surface area contributed by atoms with Crippen LogP contribution in [-0.2, 0) is 6.61 Å². The minimum atomic E-state index is -0.0102. The number of benzene rings is 1. The summed E-state index contributed by atoms with van der Waals surface area (Å²) in [6.07, 6.45) is 4.89. The van der Waals surface area contributed by atoms with E-state index in [-0.39, 0.29) is 6.61 Å². The second kappa shape index (κ2) is 6.28. The average Bonchev–Trinajstić information content (AvgIpc) is 2.54. The first-order chi connectivity index (χ1) is 9.68. The van der Waals surface area contributed by atoms with E-state index in [9.17, 15) is 5.26 Å². The lowest BCUT2D eigenvalue weighted by atomic mass is 9.74. The minimum Gasteiger partial charge on any atom is -0.392 e. The third-order valence-electron chi connectivity index (χ3n) is 5.03. The monoisotopic (exact) mass is 272 g/mol. The van der Waals surface area contributed by atoms with Gasteiger partial charge < -0.3 is 10.0 Å². The fourth-order valence-electron chi connectivity index (χ4n) is 3.23. The van der Waals surface area contributed by atoms with Crippen LogP contribution in [0.1, 0.15) is 50.7 Å². The molecule has 0 radical (unpaired) electrons. The SMILES string of the molecule is CCC1(CC)CCN(c2ccc(CO)cc2C#N)CC1. The summed E-state index contributed by atoms with van der Waals surface area (Å²) in [6.45, 7) is 6.61. The lowest BCUT2D eigenvalue weighted by Gasteiger charge is -2.42. The van der Waals surface area contributed by atoms with Gasteiger partial charge in [-0.25, -0.2) is 0 Å². The molecule has 1 saturated heterocycles. The summed E-state index contributed by atoms with van der Waals surface area (Å²) in [7, 11) is 0. The second-order valence-corrected chi connectivity index (χ2v) is 5.82. The Morgan fingerprint density at radius 1 is 1.25 bits per heavy atom. The molecule has 2 rings (SSSR count). The molecule has 1 N–H and O–H groups in total. The van der Waals surface area contributed by atoms with Crippen molar-refractivity contribution in [1.29, 1.82) is 5.26 Å². The highest BCUT2D eigenvalue weighted by atomic mass is 16.3. The van der Waals surface area contributed by atoms with E-state index in [2.05, 4.69) is 24.8 Å². The standard InChI is InChI=1S/C17H24N2O/c1-3-17(4-2)7-9-19(10-8-17)16-6-5-14(13-20)11-15(16)12-18/h5-6,11,20H,3-4,7-10,13H2,1-2H3. The van der Waals surface area contributed by atoms with Crippen LogP contribution in [0, 0.1) is 16.7 Å². The average molecular weight is 272 g/mol. The van der Waals surface area contributed by atoms with Crippen LogP contribution in [0.4, 0.5) is 5.69 Å². The number of nitrogens with zero attached hydrogens (tertiary/aromatic N) is 2. The Morgan fingerprint density at radius 2 is 1.90 bits per heavy atom. The van der Waals surface area contributed by atoms with Crippen molar-refractivity contribution in [3.8, 4) is 6.07 Å². The fraction of sp³-hybridized carbons (Fsp3) is 0.588. The molecule has 1 fully saturated rings. The third kappa shape index (κ3) is 2.81. The maximum Gasteiger partial charge on any atom is 0.101 e. The number of aliphatic hydroxyl groups is 1. The van der Waals surface area contributed by atoms with Crippen LogP contribution in [0.3, 0.4) is 0 Å². The van der Waals surface area contributed by atoms with Crippen LogP contribution >= 0.6 is 0 Å². The second-order valence-electron chi connectivity index (χ2n) is 5.82. The third-order valence-corrected chi connectivity index (χ3v) is 5.03. The molecule has 1 aromatic rings. The van der Waals surface area contributed by atoms with Gasteiger partial charge >= 0.3 is 0 Å². The largest absolute Gasteiger partial charge is 0.392 e. The van der Waals surface area contributed by atoms with E-state index >= 15 is 0 Å². The summed E-state index contributed by atoms with van der Waals surface area (Å²) in [5.41, 5.74) is 3.00. The molecular formula is C17H24N2O. The minimum absolute atomic E-state index is 0.0102. The van der Waals surface area contributed by atoms with E-state index in [0.29, 0.717) is 11.0 Å². The maximum atomic E-state index is 9.31. The predicted octanol–water partition coefficient (Wildman–Crippen LogP) is 3.46. The van der Waals surface area contributed by atoms with Gasteiger partial charge in [-0.05, 0) is 36.0 Å². The molecule has 1 aliphatic rings. The maximum absolute atomic E-state index is 9.31. The summed E-state index contributed by atoms with van der Waals surface area (Å²) in [4.78, 5) is 2.32. The van der Waals surface area contributed by atoms with Gasteiger partial charge in [0.2, 0.25) is 0 Å². The molecule has 20 heavy (non-hydrogen) atoms. The van der Waals surface area contributed by atoms with E-state index in [0.717, 1.165) is 24.3 Å². The van der Waals surface area contributed by atoms with Gasteiger partial charge in [0.15, 0.2) is 0 Å². The Labute approximate surface area is 121 Å². The molecule has 1 heterocycles. The topological polar surface area (TPSA) is 47.3 Å². The van der Waals surface area contributed by atoms with Gasteiger partial charge in [0, 0.05) is 13.1 Å². The van der Waals surface area contributed by atoms with Crippen LogP contribution in [0.25, 0.3) is 0 Å². The van der Waals surface area contributed by atoms with Crippen molar-refractivity contribution in [3.05, 3.63) is 29.3 Å². The van der Waals surface area contributed by atoms with E-state index < -0.39 is 0 Å². The fourth-order valence-corrected chi connectivity index (χ4v) is 3.23. The van der Waals surface area contributed by atoms with Crippen molar-refractivity contribution >= 4 is 5.69 Å². The van der Waals surface area contributed by atoms with Crippen molar-refractivity contribution in [1.82, 2.24) is 0 Å². The number of hydrogen-bond donors (Lipinski definition) is 1. The van der Waals surface area contributed by atoms with Crippen LogP contribution < -0.4 is 4.90 Å². The van der Waals surface area contributed by atoms with Gasteiger partial charge in [-0.1, -0.05) is 32.8 Å². The van der Waals surface area contributed by atoms with Crippen molar-refractivity contribution in [2.24, 2.45) is 5.41 Å². The van der Waals surface area contributed by atoms with Crippen molar-refractivity contribution < 1.29 is 5.11 Å². The summed E-state index contributed by atoms with van der Waals surface area (Å²) in [5, 5.41) is 18.5. The highest BCUT2D eigenvalue weighted by molar-refractivity contribution is 5.60. The molecule has 3 nitrogen and oxygen atoms in total. The molecule has 108 valence electrons. The molecule has 0 saturated carbocycles. The first-order valence-corrected chi connectivity index (χ1v) is 7.57. The molecule has 0 aliphatic carbocycles. The molecular weight excluding hydrogens is 248 g/mol. The number of nitriles is 1. The van der Waals surface area contributed by atoms with Gasteiger partial charge in [-0.3, -0.25) is 0 Å². The zero-order valence-corrected chi connectivity index (χ0v) is 12.5. The highest BCUT2D eigenvalue weighted by Gasteiger charge is 2.31. The number of piperidine rings is 1. The van der Waals surface area contributed by atoms with Crippen LogP contribution in [0.15, 0.2) is 18.2 Å². The lowest BCUT2D eigenvalue weighted by Crippen LogP contribution is -2.40. The number of aliphatic hydroxyl groups excluding tert-OH is 1. The molecule has 1 aromatic carbocycles. The summed E-state index contributed by atoms with van der Waals surface area (Å²) < 4.78 is 0. The molecule has 3 heteroatoms. The Morgan fingerprint density at radius 3 is 2.40 bits per heavy atom. The first kappa shape index (κ1) is 14.9. The Balaban J connectivity index is 2.17. The number of hydrogen-bond acceptors (Lipinski definition) is 3. The van der Waals surface area contributed by atoms with Gasteiger partial charge in [0.25, 0.3) is 0 Å². The van der Waals surface area contributed by atoms with Crippen LogP contribution in [0.5, 0.6) is 0 Å². The van der Waals surface area contributed by atoms with Crippen molar-refractivity contribution in [2.45, 2.75) is 46.1 Å². The molecule has 0 unspecified atom stereocenters. The van der Waals surface area contributed by atoms with Gasteiger partial charge in [0.05, 0.1) is 17.9 Å². The number of anilines is 1. The molecule has 0 spiro atoms. The van der Waals surface area contributed by atoms with Gasteiger partial charge in [0.1, 0.15) is 6.07 Å². The smallest absolute Gasteiger partial charge is 0.101 e. The zero-order chi connectivity index (χ0) is 14.6. The first-order valence-electron chi connectivity index (χ1n) is 7.57. The highest BCUT2D eigenvalue weighted by Crippen LogP contribution is 2.39. The Kier molecular flexibility index (Phi) is 4.67. The normalized spacial score (nSPS) is 17.8. The Bertz CT molecular complexity index is 490. The van der Waals surface area contributed by atoms with Gasteiger partial charge in [-0.15, -0.1) is 0 Å². The van der Waals surface area contributed by atoms with E-state index in [1.165, 1.54) is 25.7 Å². The molecule has 0 amide bonds. The van der Waals surface area contributed by atoms with E-state index in [1.54, 1.807) is 6.07 Å². The summed E-state index contributed by atoms with van der Waals surface area (Å²) >= 11 is 0. The molecule has 0 aromatic heterocycles. The van der Waals surface area contributed by atoms with Gasteiger partial charge in [-0.2, -0.15) is 5.26 Å². The van der Waals surface area contributed by atoms with E-state index in [4.69, 9.17) is 5.11 Å². The molecule has 0 bridgehead atoms. The summed E-state index contributed by atoms with van der Waals surface area (Å²) in [6, 6.07) is 7.96. The van der Waals surface area contributed by atoms with Crippen LogP contribution in [0.2, 0.25) is 0 Å². The summed E-state index contributed by atoms with van der Waals surface area (Å²) in [5.74, 6) is 0. The van der Waals surface area contributed by atoms with Crippen LogP contribution in [-0.4, -0.2) is 18.2 Å². The number of rotatable bonds is 4. The van der Waals surface area contributed by atoms with Crippen molar-refractivity contribution in [2.75, 3.05) is 18.0 Å². The Hall–Kier alpha value is -1.53. The predicted molar refractivity (Wildman–Crippen MR) is 81.5 cm³/mol. The van der Waals surface area contributed by atoms with E-state index in [1.807, 2.05) is 12.1 Å². The lowest BCUT2D eigenvalue weighted by molar-refractivity contribution is 0.199. The molecule has 0 atom stereocenters. The molecule has 1 aliphatic heterocycles. The van der Waals surface area contributed by atoms with Crippen molar-refractivity contribution in [3.63, 3.8) is 0 Å². The zero-order valence-electron chi connectivity index (χ0n) is 12.5. The quantitative estimate of drug-likeness (QED) is 0.913.